The number of aryl methyl sites for hydroxylation is 1. The van der Waals surface area contributed by atoms with E-state index in [4.69, 9.17) is 0 Å². The third-order valence-corrected chi connectivity index (χ3v) is 5.65. The molecule has 142 valence electrons. The molecule has 3 aromatic rings. The molecular formula is C20H24N4O2S. The average Bonchev–Trinajstić information content (AvgIpc) is 3.04. The molecule has 1 amide bonds. The van der Waals surface area contributed by atoms with Crippen molar-refractivity contribution >= 4 is 33.3 Å². The number of fused-ring (bicyclic) bond motifs is 1. The molecule has 0 saturated heterocycles. The van der Waals surface area contributed by atoms with Crippen LogP contribution in [0, 0.1) is 6.92 Å². The van der Waals surface area contributed by atoms with Crippen LogP contribution >= 0.6 is 11.3 Å². The molecule has 2 heterocycles. The van der Waals surface area contributed by atoms with Crippen molar-refractivity contribution in [1.82, 2.24) is 15.3 Å². The number of nitrogens with one attached hydrogen (secondary N) is 2. The van der Waals surface area contributed by atoms with E-state index in [1.165, 1.54) is 23.2 Å². The molecule has 1 unspecified atom stereocenters. The first-order valence-corrected chi connectivity index (χ1v) is 9.90. The van der Waals surface area contributed by atoms with Gasteiger partial charge in [0.05, 0.1) is 16.4 Å². The van der Waals surface area contributed by atoms with Gasteiger partial charge in [0.1, 0.15) is 17.0 Å². The van der Waals surface area contributed by atoms with Gasteiger partial charge in [-0.2, -0.15) is 0 Å². The summed E-state index contributed by atoms with van der Waals surface area (Å²) in [5, 5.41) is 16.7. The Kier molecular flexibility index (Phi) is 6.36. The predicted molar refractivity (Wildman–Crippen MR) is 109 cm³/mol. The highest BCUT2D eigenvalue weighted by Crippen LogP contribution is 2.33. The van der Waals surface area contributed by atoms with Gasteiger partial charge in [-0.05, 0) is 30.9 Å². The van der Waals surface area contributed by atoms with Gasteiger partial charge >= 0.3 is 0 Å². The molecule has 0 spiro atoms. The van der Waals surface area contributed by atoms with Gasteiger partial charge in [-0.3, -0.25) is 4.79 Å². The van der Waals surface area contributed by atoms with E-state index in [-0.39, 0.29) is 12.5 Å². The lowest BCUT2D eigenvalue weighted by atomic mass is 10.1. The second-order valence-corrected chi connectivity index (χ2v) is 7.39. The van der Waals surface area contributed by atoms with E-state index in [1.54, 1.807) is 0 Å². The second-order valence-electron chi connectivity index (χ2n) is 6.39. The number of hydrogen-bond acceptors (Lipinski definition) is 6. The van der Waals surface area contributed by atoms with Gasteiger partial charge in [-0.1, -0.05) is 37.3 Å². The number of amides is 1. The minimum atomic E-state index is -0.529. The van der Waals surface area contributed by atoms with Crippen molar-refractivity contribution in [2.45, 2.75) is 32.8 Å². The number of hydrogen-bond donors (Lipinski definition) is 3. The Morgan fingerprint density at radius 3 is 2.78 bits per heavy atom. The molecule has 1 atom stereocenters. The third kappa shape index (κ3) is 4.61. The van der Waals surface area contributed by atoms with Gasteiger partial charge in [0.2, 0.25) is 0 Å². The van der Waals surface area contributed by atoms with Crippen LogP contribution in [0.4, 0.5) is 5.82 Å². The number of anilines is 1. The molecule has 7 heteroatoms. The van der Waals surface area contributed by atoms with Crippen molar-refractivity contribution < 1.29 is 9.90 Å². The summed E-state index contributed by atoms with van der Waals surface area (Å²) < 4.78 is 0. The number of carbonyl (C=O) groups excluding carboxylic acids is 1. The fraction of sp³-hybridized carbons (Fsp3) is 0.350. The second kappa shape index (κ2) is 8.92. The highest BCUT2D eigenvalue weighted by molar-refractivity contribution is 7.20. The van der Waals surface area contributed by atoms with Crippen LogP contribution in [-0.4, -0.2) is 40.2 Å². The van der Waals surface area contributed by atoms with E-state index >= 15 is 0 Å². The van der Waals surface area contributed by atoms with Gasteiger partial charge in [0.15, 0.2) is 0 Å². The van der Waals surface area contributed by atoms with Crippen LogP contribution in [0.5, 0.6) is 0 Å². The van der Waals surface area contributed by atoms with E-state index in [0.29, 0.717) is 11.3 Å². The largest absolute Gasteiger partial charge is 0.391 e. The first-order valence-electron chi connectivity index (χ1n) is 9.08. The summed E-state index contributed by atoms with van der Waals surface area (Å²) >= 11 is 1.35. The summed E-state index contributed by atoms with van der Waals surface area (Å²) in [5.41, 5.74) is 2.12. The highest BCUT2D eigenvalue weighted by atomic mass is 32.1. The first kappa shape index (κ1) is 19.3. The van der Waals surface area contributed by atoms with Crippen molar-refractivity contribution in [1.29, 1.82) is 0 Å². The maximum Gasteiger partial charge on any atom is 0.261 e. The van der Waals surface area contributed by atoms with E-state index in [9.17, 15) is 9.90 Å². The molecule has 27 heavy (non-hydrogen) atoms. The van der Waals surface area contributed by atoms with Crippen molar-refractivity contribution in [2.75, 3.05) is 18.4 Å². The molecule has 2 aromatic heterocycles. The molecule has 0 fully saturated rings. The molecule has 0 saturated carbocycles. The third-order valence-electron chi connectivity index (χ3n) is 4.45. The number of benzene rings is 1. The Labute approximate surface area is 162 Å². The maximum atomic E-state index is 12.5. The Hall–Kier alpha value is -2.51. The number of carbonyl (C=O) groups is 1. The SMILES string of the molecule is CCC(O)CNC(=O)c1sc2ncnc(NCCc3ccccc3)c2c1C. The number of aromatic nitrogens is 2. The van der Waals surface area contributed by atoms with E-state index in [1.807, 2.05) is 32.0 Å². The smallest absolute Gasteiger partial charge is 0.261 e. The van der Waals surface area contributed by atoms with Crippen LogP contribution in [-0.2, 0) is 6.42 Å². The van der Waals surface area contributed by atoms with Crippen LogP contribution in [0.3, 0.4) is 0 Å². The molecule has 0 aliphatic rings. The standard InChI is InChI=1S/C20H24N4O2S/c1-3-15(25)11-22-19(26)17-13(2)16-18(23-12-24-20(16)27-17)21-10-9-14-7-5-4-6-8-14/h4-8,12,15,25H,3,9-11H2,1-2H3,(H,22,26)(H,21,23,24). The lowest BCUT2D eigenvalue weighted by Gasteiger charge is -2.09. The van der Waals surface area contributed by atoms with Crippen molar-refractivity contribution in [3.05, 3.63) is 52.7 Å². The topological polar surface area (TPSA) is 87.1 Å². The molecule has 6 nitrogen and oxygen atoms in total. The number of aliphatic hydroxyl groups is 1. The summed E-state index contributed by atoms with van der Waals surface area (Å²) in [6.07, 6.45) is 2.48. The van der Waals surface area contributed by atoms with Crippen molar-refractivity contribution in [3.8, 4) is 0 Å². The average molecular weight is 385 g/mol. The number of aliphatic hydroxyl groups excluding tert-OH is 1. The molecule has 0 aliphatic heterocycles. The maximum absolute atomic E-state index is 12.5. The minimum Gasteiger partial charge on any atom is -0.391 e. The zero-order valence-corrected chi connectivity index (χ0v) is 16.3. The van der Waals surface area contributed by atoms with E-state index in [0.717, 1.165) is 34.6 Å². The summed E-state index contributed by atoms with van der Waals surface area (Å²) in [5.74, 6) is 0.565. The molecular weight excluding hydrogens is 360 g/mol. The van der Waals surface area contributed by atoms with Gasteiger partial charge in [-0.15, -0.1) is 11.3 Å². The summed E-state index contributed by atoms with van der Waals surface area (Å²) in [7, 11) is 0. The monoisotopic (exact) mass is 384 g/mol. The molecule has 3 rings (SSSR count). The molecule has 0 aliphatic carbocycles. The highest BCUT2D eigenvalue weighted by Gasteiger charge is 2.19. The Balaban J connectivity index is 1.75. The van der Waals surface area contributed by atoms with Gasteiger partial charge in [0, 0.05) is 13.1 Å². The van der Waals surface area contributed by atoms with Crippen LogP contribution in [0.1, 0.15) is 34.1 Å². The number of rotatable bonds is 8. The predicted octanol–water partition coefficient (Wildman–Crippen LogP) is 3.16. The molecule has 3 N–H and O–H groups in total. The first-order chi connectivity index (χ1) is 13.1. The molecule has 0 bridgehead atoms. The summed E-state index contributed by atoms with van der Waals surface area (Å²) in [4.78, 5) is 22.6. The fourth-order valence-corrected chi connectivity index (χ4v) is 3.89. The van der Waals surface area contributed by atoms with Crippen LogP contribution in [0.2, 0.25) is 0 Å². The summed E-state index contributed by atoms with van der Waals surface area (Å²) in [6, 6.07) is 10.3. The Bertz CT molecular complexity index is 911. The van der Waals surface area contributed by atoms with Crippen LogP contribution < -0.4 is 10.6 Å². The van der Waals surface area contributed by atoms with E-state index in [2.05, 4.69) is 32.7 Å². The van der Waals surface area contributed by atoms with Gasteiger partial charge in [-0.25, -0.2) is 9.97 Å². The summed E-state index contributed by atoms with van der Waals surface area (Å²) in [6.45, 7) is 4.78. The number of thiophene rings is 1. The normalized spacial score (nSPS) is 12.1. The lowest BCUT2D eigenvalue weighted by Crippen LogP contribution is -2.31. The quantitative estimate of drug-likeness (QED) is 0.555. The van der Waals surface area contributed by atoms with Crippen LogP contribution in [0.25, 0.3) is 10.2 Å². The zero-order valence-electron chi connectivity index (χ0n) is 15.5. The lowest BCUT2D eigenvalue weighted by molar-refractivity contribution is 0.0917. The van der Waals surface area contributed by atoms with Crippen molar-refractivity contribution in [2.24, 2.45) is 0 Å². The van der Waals surface area contributed by atoms with Crippen molar-refractivity contribution in [3.63, 3.8) is 0 Å². The minimum absolute atomic E-state index is 0.182. The van der Waals surface area contributed by atoms with Crippen LogP contribution in [0.15, 0.2) is 36.7 Å². The molecule has 1 aromatic carbocycles. The van der Waals surface area contributed by atoms with Gasteiger partial charge < -0.3 is 15.7 Å². The zero-order chi connectivity index (χ0) is 19.2. The Morgan fingerprint density at radius 2 is 2.04 bits per heavy atom. The van der Waals surface area contributed by atoms with E-state index < -0.39 is 6.10 Å². The van der Waals surface area contributed by atoms with Gasteiger partial charge in [0.25, 0.3) is 5.91 Å². The number of nitrogens with zero attached hydrogens (tertiary/aromatic N) is 2. The molecule has 0 radical (unpaired) electrons. The Morgan fingerprint density at radius 1 is 1.26 bits per heavy atom. The fourth-order valence-electron chi connectivity index (χ4n) is 2.83.